The van der Waals surface area contributed by atoms with Crippen LogP contribution in [0.4, 0.5) is 0 Å². The second-order valence-corrected chi connectivity index (χ2v) is 7.75. The zero-order chi connectivity index (χ0) is 13.6. The number of fused-ring (bicyclic) bond motifs is 1. The predicted molar refractivity (Wildman–Crippen MR) is 78.0 cm³/mol. The van der Waals surface area contributed by atoms with Gasteiger partial charge in [-0.2, -0.15) is 0 Å². The largest absolute Gasteiger partial charge is 0.499 e. The van der Waals surface area contributed by atoms with Gasteiger partial charge in [0.25, 0.3) is 0 Å². The molecule has 0 unspecified atom stereocenters. The topological polar surface area (TPSA) is 58.9 Å². The molecule has 2 N–H and O–H groups in total. The molecule has 19 heavy (non-hydrogen) atoms. The van der Waals surface area contributed by atoms with Gasteiger partial charge in [-0.3, -0.25) is 0 Å². The Morgan fingerprint density at radius 2 is 1.79 bits per heavy atom. The molecule has 0 aromatic carbocycles. The van der Waals surface area contributed by atoms with Crippen molar-refractivity contribution < 1.29 is 19.5 Å². The summed E-state index contributed by atoms with van der Waals surface area (Å²) in [5.74, 6) is 0. The molecule has 0 amide bonds. The second-order valence-electron chi connectivity index (χ2n) is 5.52. The van der Waals surface area contributed by atoms with Gasteiger partial charge in [0.05, 0.1) is 18.1 Å². The van der Waals surface area contributed by atoms with Crippen molar-refractivity contribution in [1.29, 1.82) is 0 Å². The maximum absolute atomic E-state index is 9.14. The molecule has 1 saturated heterocycles. The highest BCUT2D eigenvalue weighted by atomic mass is 32.1. The van der Waals surface area contributed by atoms with Gasteiger partial charge < -0.3 is 19.5 Å². The first kappa shape index (κ1) is 13.5. The third kappa shape index (κ3) is 2.72. The normalized spacial score (nSPS) is 20.0. The number of rotatable bonds is 2. The Morgan fingerprint density at radius 1 is 1.16 bits per heavy atom. The number of ether oxygens (including phenoxy) is 2. The maximum atomic E-state index is 9.14. The summed E-state index contributed by atoms with van der Waals surface area (Å²) in [7, 11) is -1.39. The van der Waals surface area contributed by atoms with Gasteiger partial charge in [0.1, 0.15) is 0 Å². The molecule has 0 saturated carbocycles. The molecule has 102 valence electrons. The Morgan fingerprint density at radius 3 is 2.37 bits per heavy atom. The van der Waals surface area contributed by atoms with Gasteiger partial charge >= 0.3 is 7.12 Å². The van der Waals surface area contributed by atoms with E-state index >= 15 is 0 Å². The smallest absolute Gasteiger partial charge is 0.423 e. The minimum Gasteiger partial charge on any atom is -0.423 e. The SMILES string of the molecule is CC1(C)COC(c2cc3sc(B(O)O)cc3s2)OC1. The summed E-state index contributed by atoms with van der Waals surface area (Å²) < 4.78 is 14.2. The van der Waals surface area contributed by atoms with Gasteiger partial charge in [0.15, 0.2) is 6.29 Å². The van der Waals surface area contributed by atoms with Crippen LogP contribution in [-0.2, 0) is 9.47 Å². The highest BCUT2D eigenvalue weighted by Gasteiger charge is 2.30. The molecule has 3 heterocycles. The van der Waals surface area contributed by atoms with Crippen molar-refractivity contribution in [3.8, 4) is 0 Å². The predicted octanol–water partition coefficient (Wildman–Crippen LogP) is 1.71. The molecule has 2 aromatic rings. The molecule has 4 nitrogen and oxygen atoms in total. The fourth-order valence-corrected chi connectivity index (χ4v) is 4.26. The third-order valence-electron chi connectivity index (χ3n) is 2.98. The highest BCUT2D eigenvalue weighted by Crippen LogP contribution is 2.38. The van der Waals surface area contributed by atoms with E-state index in [2.05, 4.69) is 13.8 Å². The lowest BCUT2D eigenvalue weighted by Gasteiger charge is -2.34. The van der Waals surface area contributed by atoms with Crippen molar-refractivity contribution in [1.82, 2.24) is 0 Å². The molecule has 1 aliphatic rings. The van der Waals surface area contributed by atoms with E-state index in [1.165, 1.54) is 11.3 Å². The van der Waals surface area contributed by atoms with Crippen molar-refractivity contribution >= 4 is 44.0 Å². The summed E-state index contributed by atoms with van der Waals surface area (Å²) in [5, 5.41) is 18.3. The lowest BCUT2D eigenvalue weighted by molar-refractivity contribution is -0.224. The van der Waals surface area contributed by atoms with Gasteiger partial charge in [-0.15, -0.1) is 22.7 Å². The van der Waals surface area contributed by atoms with E-state index in [-0.39, 0.29) is 11.7 Å². The quantitative estimate of drug-likeness (QED) is 0.829. The van der Waals surface area contributed by atoms with Crippen molar-refractivity contribution in [2.75, 3.05) is 13.2 Å². The molecule has 3 rings (SSSR count). The molecule has 7 heteroatoms. The highest BCUT2D eigenvalue weighted by molar-refractivity contribution is 7.33. The first-order chi connectivity index (χ1) is 8.94. The zero-order valence-electron chi connectivity index (χ0n) is 10.8. The number of thiophene rings is 2. The minimum absolute atomic E-state index is 0.0688. The van der Waals surface area contributed by atoms with Crippen LogP contribution in [0.25, 0.3) is 9.40 Å². The van der Waals surface area contributed by atoms with Gasteiger partial charge in [-0.05, 0) is 12.1 Å². The third-order valence-corrected chi connectivity index (χ3v) is 5.34. The molecule has 2 aromatic heterocycles. The average molecular weight is 298 g/mol. The Kier molecular flexibility index (Phi) is 3.45. The summed E-state index contributed by atoms with van der Waals surface area (Å²) in [5.41, 5.74) is 0.0688. The fourth-order valence-electron chi connectivity index (χ4n) is 1.97. The van der Waals surface area contributed by atoms with E-state index in [4.69, 9.17) is 19.5 Å². The van der Waals surface area contributed by atoms with E-state index in [1.54, 1.807) is 11.3 Å². The standard InChI is InChI=1S/C12H15BO4S2/c1-12(2)5-16-11(17-6-12)9-3-7-8(18-9)4-10(19-7)13(14)15/h3-4,11,14-15H,5-6H2,1-2H3. The summed E-state index contributed by atoms with van der Waals surface area (Å²) in [4.78, 5) is 1.04. The molecule has 0 atom stereocenters. The molecule has 0 bridgehead atoms. The van der Waals surface area contributed by atoms with Crippen molar-refractivity contribution in [3.63, 3.8) is 0 Å². The van der Waals surface area contributed by atoms with Crippen LogP contribution < -0.4 is 4.78 Å². The van der Waals surface area contributed by atoms with Crippen LogP contribution in [0, 0.1) is 5.41 Å². The number of hydrogen-bond donors (Lipinski definition) is 2. The van der Waals surface area contributed by atoms with E-state index in [1.807, 2.05) is 12.1 Å². The van der Waals surface area contributed by atoms with Crippen LogP contribution in [0.2, 0.25) is 0 Å². The van der Waals surface area contributed by atoms with Crippen LogP contribution in [0.1, 0.15) is 25.0 Å². The summed E-state index contributed by atoms with van der Waals surface area (Å²) >= 11 is 2.97. The van der Waals surface area contributed by atoms with E-state index in [9.17, 15) is 0 Å². The Bertz CT molecular complexity index is 548. The van der Waals surface area contributed by atoms with E-state index in [0.717, 1.165) is 14.3 Å². The molecular formula is C12H15BO4S2. The molecule has 0 radical (unpaired) electrons. The Balaban J connectivity index is 1.81. The Hall–Kier alpha value is -0.435. The summed E-state index contributed by atoms with van der Waals surface area (Å²) in [6, 6.07) is 3.82. The monoisotopic (exact) mass is 298 g/mol. The van der Waals surface area contributed by atoms with Gasteiger partial charge in [0.2, 0.25) is 0 Å². The molecule has 1 aliphatic heterocycles. The lowest BCUT2D eigenvalue weighted by atomic mass is 9.90. The van der Waals surface area contributed by atoms with Crippen LogP contribution in [0.15, 0.2) is 12.1 Å². The van der Waals surface area contributed by atoms with Gasteiger partial charge in [-0.25, -0.2) is 0 Å². The summed E-state index contributed by atoms with van der Waals surface area (Å²) in [6.07, 6.45) is -0.292. The molecule has 1 fully saturated rings. The van der Waals surface area contributed by atoms with Crippen LogP contribution in [0.5, 0.6) is 0 Å². The molecule has 0 spiro atoms. The maximum Gasteiger partial charge on any atom is 0.499 e. The Labute approximate surface area is 119 Å². The first-order valence-electron chi connectivity index (χ1n) is 6.07. The first-order valence-corrected chi connectivity index (χ1v) is 7.70. The summed E-state index contributed by atoms with van der Waals surface area (Å²) in [6.45, 7) is 5.60. The van der Waals surface area contributed by atoms with Crippen molar-refractivity contribution in [2.24, 2.45) is 5.41 Å². The van der Waals surface area contributed by atoms with Gasteiger partial charge in [-0.1, -0.05) is 13.8 Å². The van der Waals surface area contributed by atoms with Gasteiger partial charge in [0, 0.05) is 19.6 Å². The number of hydrogen-bond acceptors (Lipinski definition) is 6. The molecular weight excluding hydrogens is 283 g/mol. The second kappa shape index (κ2) is 4.84. The minimum atomic E-state index is -1.39. The van der Waals surface area contributed by atoms with Crippen LogP contribution >= 0.6 is 22.7 Å². The van der Waals surface area contributed by atoms with Crippen LogP contribution in [-0.4, -0.2) is 30.4 Å². The van der Waals surface area contributed by atoms with Crippen molar-refractivity contribution in [2.45, 2.75) is 20.1 Å². The van der Waals surface area contributed by atoms with Crippen molar-refractivity contribution in [3.05, 3.63) is 17.0 Å². The lowest BCUT2D eigenvalue weighted by Crippen LogP contribution is -2.33. The average Bonchev–Trinajstić information content (AvgIpc) is 2.86. The fraction of sp³-hybridized carbons (Fsp3) is 0.500. The van der Waals surface area contributed by atoms with E-state index in [0.29, 0.717) is 18.0 Å². The van der Waals surface area contributed by atoms with E-state index < -0.39 is 7.12 Å². The molecule has 0 aliphatic carbocycles. The van der Waals surface area contributed by atoms with Crippen LogP contribution in [0.3, 0.4) is 0 Å². The zero-order valence-corrected chi connectivity index (χ0v) is 12.4.